The van der Waals surface area contributed by atoms with Gasteiger partial charge >= 0.3 is 0 Å². The average molecular weight is 503 g/mol. The Balaban J connectivity index is 1.66. The van der Waals surface area contributed by atoms with E-state index < -0.39 is 28.6 Å². The van der Waals surface area contributed by atoms with Crippen LogP contribution < -0.4 is 21.7 Å². The summed E-state index contributed by atoms with van der Waals surface area (Å²) in [7, 11) is 0. The summed E-state index contributed by atoms with van der Waals surface area (Å²) in [5.41, 5.74) is 6.04. The van der Waals surface area contributed by atoms with Gasteiger partial charge in [0, 0.05) is 47.0 Å². The molecular weight excluding hydrogens is 468 g/mol. The van der Waals surface area contributed by atoms with Crippen LogP contribution in [-0.2, 0) is 27.2 Å². The van der Waals surface area contributed by atoms with Gasteiger partial charge in [-0.05, 0) is 51.0 Å². The molecule has 3 amide bonds. The molecule has 0 bridgehead atoms. The Hall–Kier alpha value is -4.11. The highest BCUT2D eigenvalue weighted by molar-refractivity contribution is 5.95. The Morgan fingerprint density at radius 1 is 0.811 bits per heavy atom. The Kier molecular flexibility index (Phi) is 6.84. The van der Waals surface area contributed by atoms with Crippen molar-refractivity contribution in [1.82, 2.24) is 25.9 Å². The fourth-order valence-electron chi connectivity index (χ4n) is 4.56. The van der Waals surface area contributed by atoms with Crippen LogP contribution in [0.1, 0.15) is 38.8 Å². The minimum absolute atomic E-state index is 0.203. The van der Waals surface area contributed by atoms with E-state index in [9.17, 15) is 14.4 Å². The number of nitrogens with one attached hydrogen (secondary N) is 5. The van der Waals surface area contributed by atoms with Gasteiger partial charge in [0.1, 0.15) is 11.2 Å². The third-order valence-electron chi connectivity index (χ3n) is 6.68. The molecule has 4 aromatic rings. The van der Waals surface area contributed by atoms with Crippen LogP contribution in [0.3, 0.4) is 0 Å². The van der Waals surface area contributed by atoms with Crippen LogP contribution >= 0.6 is 0 Å². The summed E-state index contributed by atoms with van der Waals surface area (Å²) < 4.78 is 0. The van der Waals surface area contributed by atoms with E-state index >= 15 is 0 Å². The lowest BCUT2D eigenvalue weighted by molar-refractivity contribution is -0.136. The predicted octanol–water partition coefficient (Wildman–Crippen LogP) is 2.62. The number of fused-ring (bicyclic) bond motifs is 2. The second kappa shape index (κ2) is 9.74. The first-order valence-corrected chi connectivity index (χ1v) is 12.2. The third-order valence-corrected chi connectivity index (χ3v) is 6.68. The maximum Gasteiger partial charge on any atom is 0.247 e. The van der Waals surface area contributed by atoms with E-state index in [2.05, 4.69) is 25.9 Å². The fraction of sp³-hybridized carbons (Fsp3) is 0.321. The Labute approximate surface area is 215 Å². The van der Waals surface area contributed by atoms with Crippen molar-refractivity contribution in [1.29, 1.82) is 0 Å². The van der Waals surface area contributed by atoms with Gasteiger partial charge in [-0.3, -0.25) is 14.4 Å². The lowest BCUT2D eigenvalue weighted by Crippen LogP contribution is -2.68. The van der Waals surface area contributed by atoms with Crippen LogP contribution in [0.4, 0.5) is 0 Å². The number of rotatable bonds is 10. The zero-order valence-electron chi connectivity index (χ0n) is 21.6. The van der Waals surface area contributed by atoms with Crippen LogP contribution in [-0.4, -0.2) is 44.9 Å². The van der Waals surface area contributed by atoms with E-state index in [0.717, 1.165) is 32.9 Å². The number of carbonyl (C=O) groups is 3. The number of para-hydroxylation sites is 2. The quantitative estimate of drug-likeness (QED) is 0.146. The van der Waals surface area contributed by atoms with Gasteiger partial charge in [0.2, 0.25) is 18.2 Å². The number of aromatic nitrogens is 2. The molecule has 0 saturated heterocycles. The predicted molar refractivity (Wildman–Crippen MR) is 145 cm³/mol. The highest BCUT2D eigenvalue weighted by atomic mass is 16.2. The summed E-state index contributed by atoms with van der Waals surface area (Å²) in [5, 5.41) is 10.6. The fourth-order valence-corrected chi connectivity index (χ4v) is 4.56. The number of H-pyrrole nitrogens is 2. The average Bonchev–Trinajstić information content (AvgIpc) is 3.42. The number of hydrogen-bond acceptors (Lipinski definition) is 4. The topological polar surface area (TPSA) is 145 Å². The molecule has 7 N–H and O–H groups in total. The van der Waals surface area contributed by atoms with E-state index in [1.807, 2.05) is 60.9 Å². The lowest BCUT2D eigenvalue weighted by atomic mass is 9.89. The lowest BCUT2D eigenvalue weighted by Gasteiger charge is -2.37. The molecule has 9 heteroatoms. The largest absolute Gasteiger partial charge is 0.361 e. The van der Waals surface area contributed by atoms with Crippen molar-refractivity contribution in [3.63, 3.8) is 0 Å². The first-order chi connectivity index (χ1) is 17.4. The molecule has 0 fully saturated rings. The maximum atomic E-state index is 13.9. The van der Waals surface area contributed by atoms with Crippen LogP contribution in [0, 0.1) is 0 Å². The zero-order valence-corrected chi connectivity index (χ0v) is 21.6. The van der Waals surface area contributed by atoms with Crippen molar-refractivity contribution in [2.24, 2.45) is 5.73 Å². The Bertz CT molecular complexity index is 1450. The summed E-state index contributed by atoms with van der Waals surface area (Å²) in [5.74, 6) is -0.918. The molecule has 0 saturated carbocycles. The van der Waals surface area contributed by atoms with Gasteiger partial charge in [-0.15, -0.1) is 0 Å². The van der Waals surface area contributed by atoms with E-state index in [1.54, 1.807) is 27.7 Å². The minimum atomic E-state index is -1.37. The van der Waals surface area contributed by atoms with Crippen molar-refractivity contribution < 1.29 is 14.4 Å². The van der Waals surface area contributed by atoms with Crippen molar-refractivity contribution in [2.45, 2.75) is 57.3 Å². The van der Waals surface area contributed by atoms with E-state index in [-0.39, 0.29) is 6.42 Å². The molecule has 0 aliphatic heterocycles. The van der Waals surface area contributed by atoms with E-state index in [4.69, 9.17) is 5.73 Å². The molecule has 0 aliphatic rings. The number of nitrogens with two attached hydrogens (primary N) is 1. The van der Waals surface area contributed by atoms with Gasteiger partial charge in [-0.1, -0.05) is 36.4 Å². The van der Waals surface area contributed by atoms with Gasteiger partial charge < -0.3 is 31.7 Å². The summed E-state index contributed by atoms with van der Waals surface area (Å²) in [6, 6.07) is 15.6. The van der Waals surface area contributed by atoms with Gasteiger partial charge in [-0.25, -0.2) is 0 Å². The highest BCUT2D eigenvalue weighted by Gasteiger charge is 2.41. The molecule has 2 aromatic carbocycles. The summed E-state index contributed by atoms with van der Waals surface area (Å²) in [6.07, 6.45) is 4.79. The number of aromatic amines is 2. The smallest absolute Gasteiger partial charge is 0.247 e. The summed E-state index contributed by atoms with van der Waals surface area (Å²) in [4.78, 5) is 44.9. The minimum Gasteiger partial charge on any atom is -0.361 e. The standard InChI is InChI=1S/C28H34N6O3/c1-26(2,29)24(36)33-27(3,13-18-15-30-22-11-7-5-9-20(18)22)25(37)34-28(4,32-17-35)14-19-16-31-23-12-8-6-10-21(19)23/h5-12,15-17,30-31H,13-14,29H2,1-4H3,(H,32,35)(H,33,36)(H,34,37)/t27-,28+/m1/s1. The van der Waals surface area contributed by atoms with Crippen LogP contribution in [0.5, 0.6) is 0 Å². The van der Waals surface area contributed by atoms with Gasteiger partial charge in [0.05, 0.1) is 5.54 Å². The molecule has 2 aromatic heterocycles. The second-order valence-corrected chi connectivity index (χ2v) is 10.6. The molecule has 2 atom stereocenters. The van der Waals surface area contributed by atoms with Crippen molar-refractivity contribution in [2.75, 3.05) is 0 Å². The number of hydrogen-bond donors (Lipinski definition) is 6. The molecule has 4 rings (SSSR count). The number of amides is 3. The SMILES string of the molecule is CC(C)(N)C(=O)N[C@](C)(Cc1c[nH]c2ccccc12)C(=O)N[C@@](C)(Cc1c[nH]c2ccccc12)NC=O. The Morgan fingerprint density at radius 3 is 1.84 bits per heavy atom. The van der Waals surface area contributed by atoms with Gasteiger partial charge in [0.15, 0.2) is 0 Å². The van der Waals surface area contributed by atoms with Crippen LogP contribution in [0.2, 0.25) is 0 Å². The Morgan fingerprint density at radius 2 is 1.32 bits per heavy atom. The normalized spacial score (nSPS) is 15.1. The first-order valence-electron chi connectivity index (χ1n) is 12.2. The van der Waals surface area contributed by atoms with E-state index in [1.165, 1.54) is 0 Å². The molecule has 0 aliphatic carbocycles. The highest BCUT2D eigenvalue weighted by Crippen LogP contribution is 2.25. The monoisotopic (exact) mass is 502 g/mol. The molecule has 0 radical (unpaired) electrons. The van der Waals surface area contributed by atoms with Gasteiger partial charge in [-0.2, -0.15) is 0 Å². The first kappa shape index (κ1) is 26.0. The molecular formula is C28H34N6O3. The van der Waals surface area contributed by atoms with Gasteiger partial charge in [0.25, 0.3) is 0 Å². The molecule has 2 heterocycles. The second-order valence-electron chi connectivity index (χ2n) is 10.6. The van der Waals surface area contributed by atoms with Crippen LogP contribution in [0.15, 0.2) is 60.9 Å². The zero-order chi connectivity index (χ0) is 26.8. The number of carbonyl (C=O) groups excluding carboxylic acids is 3. The van der Waals surface area contributed by atoms with Crippen LogP contribution in [0.25, 0.3) is 21.8 Å². The van der Waals surface area contributed by atoms with Crippen molar-refractivity contribution in [3.8, 4) is 0 Å². The molecule has 37 heavy (non-hydrogen) atoms. The summed E-state index contributed by atoms with van der Waals surface area (Å²) in [6.45, 7) is 6.57. The number of benzene rings is 2. The molecule has 0 spiro atoms. The molecule has 9 nitrogen and oxygen atoms in total. The van der Waals surface area contributed by atoms with Crippen molar-refractivity contribution >= 4 is 40.0 Å². The third kappa shape index (κ3) is 5.51. The summed E-state index contributed by atoms with van der Waals surface area (Å²) >= 11 is 0. The van der Waals surface area contributed by atoms with E-state index in [0.29, 0.717) is 12.8 Å². The maximum absolute atomic E-state index is 13.9. The molecule has 0 unspecified atom stereocenters. The van der Waals surface area contributed by atoms with Crippen molar-refractivity contribution in [3.05, 3.63) is 72.1 Å². The molecule has 194 valence electrons.